The zero-order chi connectivity index (χ0) is 23.8. The first-order valence-corrected chi connectivity index (χ1v) is 14.0. The smallest absolute Gasteiger partial charge is 0.274 e. The number of benzene rings is 1. The number of pyridine rings is 1. The Kier molecular flexibility index (Phi) is 4.81. The molecule has 1 aromatic carbocycles. The first-order valence-electron chi connectivity index (χ1n) is 12.1. The summed E-state index contributed by atoms with van der Waals surface area (Å²) in [6.07, 6.45) is 11.3. The van der Waals surface area contributed by atoms with Gasteiger partial charge in [0.05, 0.1) is 4.90 Å². The SMILES string of the molecule is Cn1cc(-c2cc(S(C)(=O)=O)ccc2OC2CC3CC4CC2CC(N)(C4)C3)c2cc[nH]c2c1=O. The number of aromatic nitrogens is 2. The maximum absolute atomic E-state index is 12.6. The lowest BCUT2D eigenvalue weighted by atomic mass is 9.63. The molecule has 0 spiro atoms. The van der Waals surface area contributed by atoms with E-state index < -0.39 is 9.84 Å². The van der Waals surface area contributed by atoms with Crippen molar-refractivity contribution >= 4 is 20.7 Å². The van der Waals surface area contributed by atoms with Crippen molar-refractivity contribution in [3.05, 3.63) is 47.0 Å². The van der Waals surface area contributed by atoms with Crippen molar-refractivity contribution in [1.82, 2.24) is 9.55 Å². The summed E-state index contributed by atoms with van der Waals surface area (Å²) < 4.78 is 33.1. The summed E-state index contributed by atoms with van der Waals surface area (Å²) in [7, 11) is -1.72. The van der Waals surface area contributed by atoms with Crippen LogP contribution >= 0.6 is 0 Å². The molecule has 180 valence electrons. The molecule has 4 bridgehead atoms. The van der Waals surface area contributed by atoms with Crippen LogP contribution in [0.1, 0.15) is 38.5 Å². The fourth-order valence-electron chi connectivity index (χ4n) is 7.08. The molecule has 0 aliphatic heterocycles. The van der Waals surface area contributed by atoms with Crippen molar-refractivity contribution in [2.24, 2.45) is 30.5 Å². The van der Waals surface area contributed by atoms with E-state index in [2.05, 4.69) is 4.98 Å². The molecule has 7 rings (SSSR count). The topological polar surface area (TPSA) is 107 Å². The molecular weight excluding hydrogens is 450 g/mol. The van der Waals surface area contributed by atoms with Crippen molar-refractivity contribution < 1.29 is 13.2 Å². The van der Waals surface area contributed by atoms with Crippen molar-refractivity contribution in [3.8, 4) is 16.9 Å². The number of aryl methyl sites for hydroxylation is 1. The Labute approximate surface area is 199 Å². The lowest BCUT2D eigenvalue weighted by Crippen LogP contribution is -2.50. The van der Waals surface area contributed by atoms with E-state index in [0.717, 1.165) is 43.1 Å². The minimum Gasteiger partial charge on any atom is -0.489 e. The van der Waals surface area contributed by atoms with Gasteiger partial charge in [0.25, 0.3) is 5.56 Å². The molecule has 3 N–H and O–H groups in total. The van der Waals surface area contributed by atoms with Gasteiger partial charge >= 0.3 is 0 Å². The van der Waals surface area contributed by atoms with E-state index in [-0.39, 0.29) is 22.1 Å². The van der Waals surface area contributed by atoms with Crippen LogP contribution in [0, 0.1) is 17.8 Å². The molecule has 5 unspecified atom stereocenters. The second-order valence-corrected chi connectivity index (χ2v) is 13.0. The number of nitrogens with one attached hydrogen (secondary N) is 1. The average Bonchev–Trinajstić information content (AvgIpc) is 3.17. The van der Waals surface area contributed by atoms with Crippen LogP contribution in [-0.2, 0) is 16.9 Å². The predicted molar refractivity (Wildman–Crippen MR) is 132 cm³/mol. The number of rotatable bonds is 4. The lowest BCUT2D eigenvalue weighted by molar-refractivity contribution is 0.0701. The highest BCUT2D eigenvalue weighted by Crippen LogP contribution is 2.53. The highest BCUT2D eigenvalue weighted by Gasteiger charge is 2.50. The maximum Gasteiger partial charge on any atom is 0.274 e. The van der Waals surface area contributed by atoms with Crippen LogP contribution in [0.15, 0.2) is 46.3 Å². The highest BCUT2D eigenvalue weighted by molar-refractivity contribution is 7.90. The van der Waals surface area contributed by atoms with Crippen molar-refractivity contribution in [1.29, 1.82) is 0 Å². The standard InChI is InChI=1S/C26H31N3O4S/c1-29-14-21(19-5-6-28-24(19)25(29)30)20-10-18(34(2,31)32)3-4-22(20)33-23-9-16-7-15-8-17(23)13-26(27,11-15)12-16/h3-6,10,14-17,23,28H,7-9,11-13,27H2,1-2H3. The summed E-state index contributed by atoms with van der Waals surface area (Å²) in [5, 5.41) is 0.750. The lowest BCUT2D eigenvalue weighted by Gasteiger charge is -2.46. The number of hydrogen-bond donors (Lipinski definition) is 2. The largest absolute Gasteiger partial charge is 0.489 e. The molecule has 4 aliphatic rings. The summed E-state index contributed by atoms with van der Waals surface area (Å²) in [6, 6.07) is 6.94. The zero-order valence-electron chi connectivity index (χ0n) is 19.6. The van der Waals surface area contributed by atoms with Gasteiger partial charge in [0, 0.05) is 47.7 Å². The third kappa shape index (κ3) is 3.58. The van der Waals surface area contributed by atoms with Crippen LogP contribution in [0.5, 0.6) is 5.75 Å². The van der Waals surface area contributed by atoms with Gasteiger partial charge in [-0.25, -0.2) is 8.42 Å². The number of hydrogen-bond acceptors (Lipinski definition) is 5. The van der Waals surface area contributed by atoms with Gasteiger partial charge in [0.15, 0.2) is 9.84 Å². The minimum absolute atomic E-state index is 0.0535. The van der Waals surface area contributed by atoms with Gasteiger partial charge in [0.2, 0.25) is 0 Å². The Hall–Kier alpha value is -2.58. The molecule has 4 fully saturated rings. The van der Waals surface area contributed by atoms with Crippen LogP contribution in [-0.4, -0.2) is 35.9 Å². The third-order valence-corrected chi connectivity index (χ3v) is 9.41. The molecule has 3 aromatic rings. The predicted octanol–water partition coefficient (Wildman–Crippen LogP) is 3.61. The van der Waals surface area contributed by atoms with E-state index in [1.54, 1.807) is 37.6 Å². The molecule has 2 heterocycles. The van der Waals surface area contributed by atoms with Gasteiger partial charge < -0.3 is 20.0 Å². The zero-order valence-corrected chi connectivity index (χ0v) is 20.4. The molecule has 8 heteroatoms. The molecule has 2 aromatic heterocycles. The van der Waals surface area contributed by atoms with Gasteiger partial charge in [-0.15, -0.1) is 0 Å². The Morgan fingerprint density at radius 1 is 1.09 bits per heavy atom. The quantitative estimate of drug-likeness (QED) is 0.592. The summed E-state index contributed by atoms with van der Waals surface area (Å²) in [4.78, 5) is 15.9. The van der Waals surface area contributed by atoms with Crippen LogP contribution < -0.4 is 16.0 Å². The fraction of sp³-hybridized carbons (Fsp3) is 0.500. The van der Waals surface area contributed by atoms with Crippen LogP contribution in [0.2, 0.25) is 0 Å². The molecule has 34 heavy (non-hydrogen) atoms. The van der Waals surface area contributed by atoms with Crippen LogP contribution in [0.25, 0.3) is 22.0 Å². The van der Waals surface area contributed by atoms with Crippen LogP contribution in [0.4, 0.5) is 0 Å². The Morgan fingerprint density at radius 3 is 2.59 bits per heavy atom. The van der Waals surface area contributed by atoms with Gasteiger partial charge in [-0.05, 0) is 80.5 Å². The number of ether oxygens (including phenoxy) is 1. The monoisotopic (exact) mass is 481 g/mol. The normalized spacial score (nSPS) is 30.6. The van der Waals surface area contributed by atoms with Crippen LogP contribution in [0.3, 0.4) is 0 Å². The molecule has 0 radical (unpaired) electrons. The third-order valence-electron chi connectivity index (χ3n) is 8.30. The molecule has 7 nitrogen and oxygen atoms in total. The van der Waals surface area contributed by atoms with Gasteiger partial charge in [-0.1, -0.05) is 0 Å². The number of nitrogens with zero attached hydrogens (tertiary/aromatic N) is 1. The molecular formula is C26H31N3O4S. The molecule has 4 saturated carbocycles. The van der Waals surface area contributed by atoms with Crippen molar-refractivity contribution in [2.75, 3.05) is 6.26 Å². The molecule has 0 saturated heterocycles. The minimum atomic E-state index is -3.42. The summed E-state index contributed by atoms with van der Waals surface area (Å²) in [5.74, 6) is 2.33. The van der Waals surface area contributed by atoms with E-state index in [9.17, 15) is 13.2 Å². The molecule has 4 aliphatic carbocycles. The van der Waals surface area contributed by atoms with Gasteiger partial charge in [-0.3, -0.25) is 4.79 Å². The van der Waals surface area contributed by atoms with Crippen molar-refractivity contribution in [2.45, 2.75) is 55.1 Å². The van der Waals surface area contributed by atoms with E-state index in [1.807, 2.05) is 6.07 Å². The maximum atomic E-state index is 12.6. The Morgan fingerprint density at radius 2 is 1.85 bits per heavy atom. The molecule has 5 atom stereocenters. The number of sulfone groups is 1. The van der Waals surface area contributed by atoms with E-state index in [4.69, 9.17) is 10.5 Å². The van der Waals surface area contributed by atoms with Gasteiger partial charge in [0.1, 0.15) is 17.4 Å². The number of aromatic amines is 1. The van der Waals surface area contributed by atoms with E-state index in [0.29, 0.717) is 34.6 Å². The average molecular weight is 482 g/mol. The van der Waals surface area contributed by atoms with Gasteiger partial charge in [-0.2, -0.15) is 0 Å². The van der Waals surface area contributed by atoms with Crippen molar-refractivity contribution in [3.63, 3.8) is 0 Å². The molecule has 0 amide bonds. The second kappa shape index (κ2) is 7.46. The first kappa shape index (κ1) is 21.9. The summed E-state index contributed by atoms with van der Waals surface area (Å²) in [5.41, 5.74) is 8.55. The first-order chi connectivity index (χ1) is 16.1. The Bertz CT molecular complexity index is 1460. The van der Waals surface area contributed by atoms with E-state index in [1.165, 1.54) is 17.2 Å². The van der Waals surface area contributed by atoms with E-state index >= 15 is 0 Å². The summed E-state index contributed by atoms with van der Waals surface area (Å²) in [6.45, 7) is 0. The number of H-pyrrole nitrogens is 1. The number of nitrogens with two attached hydrogens (primary N) is 1. The second-order valence-electron chi connectivity index (χ2n) is 11.0. The summed E-state index contributed by atoms with van der Waals surface area (Å²) >= 11 is 0. The highest BCUT2D eigenvalue weighted by atomic mass is 32.2. The fourth-order valence-corrected chi connectivity index (χ4v) is 7.73. The number of fused-ring (bicyclic) bond motifs is 2. The Balaban J connectivity index is 1.47.